The quantitative estimate of drug-likeness (QED) is 0.916. The molecule has 0 saturated carbocycles. The van der Waals surface area contributed by atoms with Crippen molar-refractivity contribution >= 4 is 5.91 Å². The van der Waals surface area contributed by atoms with Crippen LogP contribution in [0.2, 0.25) is 0 Å². The maximum absolute atomic E-state index is 11.9. The highest BCUT2D eigenvalue weighted by molar-refractivity contribution is 5.78. The number of nitrogens with one attached hydrogen (secondary N) is 1. The highest BCUT2D eigenvalue weighted by Gasteiger charge is 2.10. The van der Waals surface area contributed by atoms with Gasteiger partial charge < -0.3 is 10.1 Å². The van der Waals surface area contributed by atoms with Crippen molar-refractivity contribution in [1.82, 2.24) is 5.32 Å². The molecule has 21 heavy (non-hydrogen) atoms. The second-order valence-electron chi connectivity index (χ2n) is 4.63. The normalized spacial score (nSPS) is 11.5. The summed E-state index contributed by atoms with van der Waals surface area (Å²) in [5, 5.41) is 2.83. The minimum Gasteiger partial charge on any atom is -0.480 e. The average molecular weight is 283 g/mol. The van der Waals surface area contributed by atoms with Gasteiger partial charge in [0, 0.05) is 0 Å². The number of hydrogen-bond acceptors (Lipinski definition) is 3. The molecule has 4 nitrogen and oxygen atoms in total. The lowest BCUT2D eigenvalue weighted by Gasteiger charge is -2.14. The molecule has 2 aromatic carbocycles. The van der Waals surface area contributed by atoms with E-state index in [2.05, 4.69) is 5.32 Å². The van der Waals surface area contributed by atoms with Crippen molar-refractivity contribution in [3.63, 3.8) is 0 Å². The molecule has 0 bridgehead atoms. The Morgan fingerprint density at radius 3 is 2.38 bits per heavy atom. The number of ether oxygens (including phenoxy) is 1. The Bertz CT molecular complexity index is 655. The van der Waals surface area contributed by atoms with Gasteiger partial charge in [-0.2, -0.15) is 0 Å². The molecule has 1 N–H and O–H groups in total. The average Bonchev–Trinajstić information content (AvgIpc) is 2.70. The smallest absolute Gasteiger partial charge is 0.258 e. The summed E-state index contributed by atoms with van der Waals surface area (Å²) in [6.07, 6.45) is 0. The largest absolute Gasteiger partial charge is 0.480 e. The van der Waals surface area contributed by atoms with Crippen LogP contribution in [0, 0.1) is 0 Å². The summed E-state index contributed by atoms with van der Waals surface area (Å²) in [5.41, 5.74) is 0.769. The van der Waals surface area contributed by atoms with Crippen molar-refractivity contribution in [2.45, 2.75) is 13.0 Å². The Hall–Kier alpha value is -2.62. The Kier molecular flexibility index (Phi) is 5.10. The SMILES string of the molecule is C[C@@H](NC(=O)COc1cccccc1=O)c1ccccc1. The van der Waals surface area contributed by atoms with E-state index in [-0.39, 0.29) is 29.7 Å². The molecule has 0 fully saturated rings. The first-order chi connectivity index (χ1) is 10.2. The summed E-state index contributed by atoms with van der Waals surface area (Å²) in [4.78, 5) is 23.5. The van der Waals surface area contributed by atoms with E-state index in [0.717, 1.165) is 5.56 Å². The van der Waals surface area contributed by atoms with Crippen LogP contribution >= 0.6 is 0 Å². The van der Waals surface area contributed by atoms with Gasteiger partial charge in [0.05, 0.1) is 6.04 Å². The molecular formula is C17H17NO3. The maximum Gasteiger partial charge on any atom is 0.258 e. The van der Waals surface area contributed by atoms with Crippen LogP contribution in [0.1, 0.15) is 18.5 Å². The molecule has 0 aliphatic rings. The van der Waals surface area contributed by atoms with Crippen LogP contribution in [-0.4, -0.2) is 12.5 Å². The van der Waals surface area contributed by atoms with Crippen molar-refractivity contribution < 1.29 is 9.53 Å². The summed E-state index contributed by atoms with van der Waals surface area (Å²) in [6, 6.07) is 17.5. The minimum atomic E-state index is -0.266. The summed E-state index contributed by atoms with van der Waals surface area (Å²) < 4.78 is 5.27. The van der Waals surface area contributed by atoms with Gasteiger partial charge in [-0.25, -0.2) is 0 Å². The number of carbonyl (C=O) groups is 1. The molecule has 2 rings (SSSR count). The molecule has 4 heteroatoms. The molecular weight excluding hydrogens is 266 g/mol. The number of rotatable bonds is 5. The van der Waals surface area contributed by atoms with E-state index < -0.39 is 0 Å². The number of benzene rings is 1. The molecule has 1 atom stereocenters. The lowest BCUT2D eigenvalue weighted by molar-refractivity contribution is -0.123. The van der Waals surface area contributed by atoms with E-state index in [4.69, 9.17) is 4.74 Å². The molecule has 0 aliphatic heterocycles. The van der Waals surface area contributed by atoms with E-state index in [1.54, 1.807) is 24.3 Å². The summed E-state index contributed by atoms with van der Waals surface area (Å²) in [7, 11) is 0. The van der Waals surface area contributed by atoms with E-state index >= 15 is 0 Å². The third kappa shape index (κ3) is 4.45. The Morgan fingerprint density at radius 1 is 1.05 bits per heavy atom. The summed E-state index contributed by atoms with van der Waals surface area (Å²) in [6.45, 7) is 1.71. The topological polar surface area (TPSA) is 55.4 Å². The summed E-state index contributed by atoms with van der Waals surface area (Å²) >= 11 is 0. The van der Waals surface area contributed by atoms with Gasteiger partial charge in [-0.1, -0.05) is 48.5 Å². The maximum atomic E-state index is 11.9. The fraction of sp³-hybridized carbons (Fsp3) is 0.176. The van der Waals surface area contributed by atoms with Crippen molar-refractivity contribution in [3.05, 3.63) is 76.5 Å². The molecule has 2 aromatic rings. The van der Waals surface area contributed by atoms with Gasteiger partial charge in [0.1, 0.15) is 0 Å². The first-order valence-electron chi connectivity index (χ1n) is 6.73. The highest BCUT2D eigenvalue weighted by atomic mass is 16.5. The zero-order valence-electron chi connectivity index (χ0n) is 11.8. The number of hydrogen-bond donors (Lipinski definition) is 1. The molecule has 0 radical (unpaired) electrons. The van der Waals surface area contributed by atoms with E-state index in [9.17, 15) is 9.59 Å². The van der Waals surface area contributed by atoms with Crippen molar-refractivity contribution in [3.8, 4) is 5.75 Å². The lowest BCUT2D eigenvalue weighted by Crippen LogP contribution is -2.31. The lowest BCUT2D eigenvalue weighted by atomic mass is 10.1. The molecule has 0 unspecified atom stereocenters. The van der Waals surface area contributed by atoms with Gasteiger partial charge in [-0.05, 0) is 24.6 Å². The predicted molar refractivity (Wildman–Crippen MR) is 81.2 cm³/mol. The zero-order valence-corrected chi connectivity index (χ0v) is 11.8. The van der Waals surface area contributed by atoms with Gasteiger partial charge in [-0.3, -0.25) is 9.59 Å². The first kappa shape index (κ1) is 14.8. The van der Waals surface area contributed by atoms with Crippen LogP contribution in [0.15, 0.2) is 65.5 Å². The fourth-order valence-corrected chi connectivity index (χ4v) is 1.89. The Labute approximate surface area is 123 Å². The van der Waals surface area contributed by atoms with Crippen LogP contribution in [0.5, 0.6) is 5.75 Å². The van der Waals surface area contributed by atoms with Gasteiger partial charge in [-0.15, -0.1) is 0 Å². The molecule has 108 valence electrons. The molecule has 0 saturated heterocycles. The Balaban J connectivity index is 1.91. The predicted octanol–water partition coefficient (Wildman–Crippen LogP) is 2.30. The van der Waals surface area contributed by atoms with Gasteiger partial charge >= 0.3 is 0 Å². The zero-order chi connectivity index (χ0) is 15.1. The molecule has 1 amide bonds. The van der Waals surface area contributed by atoms with Gasteiger partial charge in [0.2, 0.25) is 5.43 Å². The Morgan fingerprint density at radius 2 is 1.67 bits per heavy atom. The molecule has 0 heterocycles. The van der Waals surface area contributed by atoms with Crippen LogP contribution in [-0.2, 0) is 4.79 Å². The monoisotopic (exact) mass is 283 g/mol. The third-order valence-electron chi connectivity index (χ3n) is 3.00. The standard InChI is InChI=1S/C17H17NO3/c1-13(14-8-4-2-5-9-14)18-17(20)12-21-16-11-7-3-6-10-15(16)19/h2-11,13H,12H2,1H3,(H,18,20)/t13-/m1/s1. The van der Waals surface area contributed by atoms with Crippen LogP contribution < -0.4 is 15.5 Å². The van der Waals surface area contributed by atoms with Gasteiger partial charge in [0.15, 0.2) is 12.4 Å². The first-order valence-corrected chi connectivity index (χ1v) is 6.73. The van der Waals surface area contributed by atoms with Gasteiger partial charge in [0.25, 0.3) is 5.91 Å². The summed E-state index contributed by atoms with van der Waals surface area (Å²) in [5.74, 6) is -0.0974. The van der Waals surface area contributed by atoms with E-state index in [0.29, 0.717) is 0 Å². The minimum absolute atomic E-state index is 0.110. The van der Waals surface area contributed by atoms with E-state index in [1.165, 1.54) is 6.07 Å². The number of amides is 1. The fourth-order valence-electron chi connectivity index (χ4n) is 1.89. The molecule has 0 aromatic heterocycles. The van der Waals surface area contributed by atoms with E-state index in [1.807, 2.05) is 37.3 Å². The third-order valence-corrected chi connectivity index (χ3v) is 3.00. The van der Waals surface area contributed by atoms with Crippen LogP contribution in [0.3, 0.4) is 0 Å². The van der Waals surface area contributed by atoms with Crippen molar-refractivity contribution in [2.24, 2.45) is 0 Å². The highest BCUT2D eigenvalue weighted by Crippen LogP contribution is 2.10. The van der Waals surface area contributed by atoms with Crippen molar-refractivity contribution in [1.29, 1.82) is 0 Å². The van der Waals surface area contributed by atoms with Crippen molar-refractivity contribution in [2.75, 3.05) is 6.61 Å². The molecule has 0 aliphatic carbocycles. The second-order valence-corrected chi connectivity index (χ2v) is 4.63. The number of carbonyl (C=O) groups excluding carboxylic acids is 1. The van der Waals surface area contributed by atoms with Crippen LogP contribution in [0.25, 0.3) is 0 Å². The molecule has 0 spiro atoms. The second kappa shape index (κ2) is 7.24. The van der Waals surface area contributed by atoms with Crippen LogP contribution in [0.4, 0.5) is 0 Å².